The maximum atomic E-state index is 13.0. The second-order valence-corrected chi connectivity index (χ2v) is 12.1. The van der Waals surface area contributed by atoms with Crippen LogP contribution in [0.25, 0.3) is 0 Å². The fraction of sp³-hybridized carbons (Fsp3) is 0.667. The van der Waals surface area contributed by atoms with E-state index in [1.165, 1.54) is 11.8 Å². The van der Waals surface area contributed by atoms with Crippen molar-refractivity contribution in [1.82, 2.24) is 20.0 Å². The zero-order valence-corrected chi connectivity index (χ0v) is 24.3. The fourth-order valence-corrected chi connectivity index (χ4v) is 5.89. The quantitative estimate of drug-likeness (QED) is 0.311. The summed E-state index contributed by atoms with van der Waals surface area (Å²) in [5.41, 5.74) is 7.57. The Morgan fingerprint density at radius 3 is 2.34 bits per heavy atom. The van der Waals surface area contributed by atoms with Crippen LogP contribution < -0.4 is 21.7 Å². The van der Waals surface area contributed by atoms with Gasteiger partial charge in [-0.1, -0.05) is 6.92 Å². The topological polar surface area (TPSA) is 123 Å². The normalized spacial score (nSPS) is 21.8. The lowest BCUT2D eigenvalue weighted by Gasteiger charge is -2.32. The smallest absolute Gasteiger partial charge is 0.240 e. The molecule has 38 heavy (non-hydrogen) atoms. The molecule has 1 aromatic carbocycles. The average molecular weight is 548 g/mol. The van der Waals surface area contributed by atoms with Crippen molar-refractivity contribution in [2.45, 2.75) is 62.7 Å². The number of thioether (sulfide) groups is 1. The number of amides is 3. The molecule has 1 aromatic rings. The third kappa shape index (κ3) is 8.33. The number of nitrogens with zero attached hydrogens (tertiary/aromatic N) is 3. The van der Waals surface area contributed by atoms with Gasteiger partial charge in [0.05, 0.1) is 0 Å². The zero-order valence-electron chi connectivity index (χ0n) is 23.5. The van der Waals surface area contributed by atoms with Gasteiger partial charge < -0.3 is 36.4 Å². The molecule has 2 fully saturated rings. The van der Waals surface area contributed by atoms with Gasteiger partial charge in [-0.25, -0.2) is 0 Å². The fourth-order valence-electron chi connectivity index (χ4n) is 4.43. The number of rotatable bonds is 12. The van der Waals surface area contributed by atoms with E-state index in [0.29, 0.717) is 19.5 Å². The molecule has 0 aliphatic carbocycles. The Hall–Kier alpha value is -2.34. The van der Waals surface area contributed by atoms with Crippen LogP contribution in [-0.4, -0.2) is 107 Å². The minimum absolute atomic E-state index is 0.00554. The van der Waals surface area contributed by atoms with E-state index >= 15 is 0 Å². The minimum Gasteiger partial charge on any atom is -0.383 e. The van der Waals surface area contributed by atoms with Gasteiger partial charge in [0.1, 0.15) is 16.7 Å². The predicted molar refractivity (Wildman–Crippen MR) is 155 cm³/mol. The largest absolute Gasteiger partial charge is 0.383 e. The third-order valence-corrected chi connectivity index (χ3v) is 8.90. The molecule has 2 aliphatic rings. The first kappa shape index (κ1) is 30.2. The summed E-state index contributed by atoms with van der Waals surface area (Å²) in [6, 6.07) is 6.69. The number of carbonyl (C=O) groups excluding carboxylic acids is 3. The highest BCUT2D eigenvalue weighted by Crippen LogP contribution is 2.33. The van der Waals surface area contributed by atoms with E-state index < -0.39 is 11.4 Å². The molecule has 3 rings (SSSR count). The summed E-state index contributed by atoms with van der Waals surface area (Å²) in [7, 11) is 2.12. The van der Waals surface area contributed by atoms with E-state index in [2.05, 4.69) is 32.8 Å². The van der Waals surface area contributed by atoms with E-state index in [9.17, 15) is 14.4 Å². The van der Waals surface area contributed by atoms with Gasteiger partial charge in [-0.05, 0) is 58.5 Å². The lowest BCUT2D eigenvalue weighted by atomic mass is 10.0. The first-order valence-electron chi connectivity index (χ1n) is 13.6. The predicted octanol–water partition coefficient (Wildman–Crippen LogP) is 1.60. The van der Waals surface area contributed by atoms with Crippen LogP contribution in [0.5, 0.6) is 0 Å². The van der Waals surface area contributed by atoms with Gasteiger partial charge in [-0.3, -0.25) is 14.4 Å². The first-order valence-corrected chi connectivity index (χ1v) is 14.6. The van der Waals surface area contributed by atoms with Crippen molar-refractivity contribution in [3.63, 3.8) is 0 Å². The number of benzene rings is 1. The van der Waals surface area contributed by atoms with Crippen LogP contribution >= 0.6 is 11.8 Å². The molecule has 2 heterocycles. The Morgan fingerprint density at radius 2 is 1.74 bits per heavy atom. The van der Waals surface area contributed by atoms with E-state index in [1.54, 1.807) is 4.90 Å². The number of hydrogen-bond acceptors (Lipinski definition) is 8. The van der Waals surface area contributed by atoms with Gasteiger partial charge >= 0.3 is 0 Å². The summed E-state index contributed by atoms with van der Waals surface area (Å²) in [4.78, 5) is 44.5. The summed E-state index contributed by atoms with van der Waals surface area (Å²) >= 11 is 1.43. The van der Waals surface area contributed by atoms with Crippen molar-refractivity contribution in [2.75, 3.05) is 63.5 Å². The van der Waals surface area contributed by atoms with Crippen LogP contribution in [0.2, 0.25) is 0 Å². The summed E-state index contributed by atoms with van der Waals surface area (Å²) in [6.07, 6.45) is 1.25. The molecule has 2 aliphatic heterocycles. The number of anilines is 2. The average Bonchev–Trinajstić information content (AvgIpc) is 3.22. The number of nitrogens with two attached hydrogens (primary N) is 1. The highest BCUT2D eigenvalue weighted by molar-refractivity contribution is 8.01. The van der Waals surface area contributed by atoms with Crippen molar-refractivity contribution in [2.24, 2.45) is 5.73 Å². The Kier molecular flexibility index (Phi) is 10.8. The molecular formula is C27H45N7O3S. The molecule has 0 saturated carbocycles. The summed E-state index contributed by atoms with van der Waals surface area (Å²) in [5.74, 6) is -0.251. The lowest BCUT2D eigenvalue weighted by molar-refractivity contribution is -0.131. The summed E-state index contributed by atoms with van der Waals surface area (Å²) in [5, 5.41) is 8.53. The van der Waals surface area contributed by atoms with Crippen molar-refractivity contribution in [3.05, 3.63) is 24.3 Å². The molecule has 2 saturated heterocycles. The monoisotopic (exact) mass is 547 g/mol. The number of nitrogens with one attached hydrogen (secondary N) is 3. The lowest BCUT2D eigenvalue weighted by Crippen LogP contribution is -2.56. The number of likely N-dealkylation sites (N-methyl/N-ethyl adjacent to an activating group) is 2. The van der Waals surface area contributed by atoms with Crippen molar-refractivity contribution < 1.29 is 14.4 Å². The van der Waals surface area contributed by atoms with Crippen LogP contribution in [-0.2, 0) is 14.4 Å². The van der Waals surface area contributed by atoms with E-state index in [0.717, 1.165) is 50.5 Å². The minimum atomic E-state index is -0.807. The molecule has 3 atom stereocenters. The maximum absolute atomic E-state index is 13.0. The van der Waals surface area contributed by atoms with Crippen molar-refractivity contribution in [1.29, 1.82) is 0 Å². The van der Waals surface area contributed by atoms with Gasteiger partial charge in [0, 0.05) is 69.1 Å². The van der Waals surface area contributed by atoms with Crippen molar-refractivity contribution >= 4 is 40.9 Å². The van der Waals surface area contributed by atoms with Gasteiger partial charge in [-0.2, -0.15) is 0 Å². The molecule has 0 radical (unpaired) electrons. The molecule has 0 aromatic heterocycles. The zero-order chi connectivity index (χ0) is 27.9. The van der Waals surface area contributed by atoms with Gasteiger partial charge in [0.25, 0.3) is 0 Å². The highest BCUT2D eigenvalue weighted by atomic mass is 32.2. The Labute approximate surface area is 231 Å². The Balaban J connectivity index is 1.47. The molecule has 212 valence electrons. The first-order chi connectivity index (χ1) is 18.0. The molecule has 0 bridgehead atoms. The van der Waals surface area contributed by atoms with Gasteiger partial charge in [0.15, 0.2) is 0 Å². The van der Waals surface area contributed by atoms with E-state index in [1.807, 2.05) is 52.0 Å². The highest BCUT2D eigenvalue weighted by Gasteiger charge is 2.44. The van der Waals surface area contributed by atoms with Crippen molar-refractivity contribution in [3.8, 4) is 0 Å². The maximum Gasteiger partial charge on any atom is 0.240 e. The van der Waals surface area contributed by atoms with E-state index in [-0.39, 0.29) is 28.5 Å². The molecule has 11 heteroatoms. The Morgan fingerprint density at radius 1 is 1.11 bits per heavy atom. The van der Waals surface area contributed by atoms with Crippen LogP contribution in [0.3, 0.4) is 0 Å². The number of piperazine rings is 1. The second-order valence-electron chi connectivity index (χ2n) is 10.8. The SMILES string of the molecule is CCN1C(=O)[C@@H](CNc2ccc(NC(=O)CCN3CCN(C)CC3)cc2)SC1[C@H](N)C(=O)NC(C)(C)CC. The Bertz CT molecular complexity index is 950. The summed E-state index contributed by atoms with van der Waals surface area (Å²) < 4.78 is 0. The molecular weight excluding hydrogens is 502 g/mol. The standard InChI is InChI=1S/C27H45N7O3S/c1-6-27(3,4)31-24(36)23(28)26-34(7-2)25(37)21(38-26)18-29-19-8-10-20(11-9-19)30-22(35)12-13-33-16-14-32(5)15-17-33/h8-11,21,23,26,29H,6-7,12-18,28H2,1-5H3,(H,30,35)(H,31,36)/t21-,23-,26?/m1/s1. The number of hydrogen-bond donors (Lipinski definition) is 4. The van der Waals surface area contributed by atoms with Crippen LogP contribution in [0.1, 0.15) is 40.5 Å². The molecule has 0 spiro atoms. The van der Waals surface area contributed by atoms with E-state index in [4.69, 9.17) is 5.73 Å². The van der Waals surface area contributed by atoms with Crippen LogP contribution in [0.4, 0.5) is 11.4 Å². The van der Waals surface area contributed by atoms with Crippen LogP contribution in [0, 0.1) is 0 Å². The van der Waals surface area contributed by atoms with Gasteiger partial charge in [0.2, 0.25) is 17.7 Å². The molecule has 5 N–H and O–H groups in total. The molecule has 10 nitrogen and oxygen atoms in total. The summed E-state index contributed by atoms with van der Waals surface area (Å²) in [6.45, 7) is 13.6. The number of carbonyl (C=O) groups is 3. The van der Waals surface area contributed by atoms with Crippen LogP contribution in [0.15, 0.2) is 24.3 Å². The third-order valence-electron chi connectivity index (χ3n) is 7.38. The van der Waals surface area contributed by atoms with Gasteiger partial charge in [-0.15, -0.1) is 11.8 Å². The molecule has 3 amide bonds. The second kappa shape index (κ2) is 13.6. The molecule has 1 unspecified atom stereocenters.